The predicted octanol–water partition coefficient (Wildman–Crippen LogP) is 1.45. The Morgan fingerprint density at radius 1 is 1.21 bits per heavy atom. The van der Waals surface area contributed by atoms with Crippen LogP contribution in [0.25, 0.3) is 0 Å². The summed E-state index contributed by atoms with van der Waals surface area (Å²) in [6.07, 6.45) is 3.35. The molecule has 6 nitrogen and oxygen atoms in total. The second-order valence-corrected chi connectivity index (χ2v) is 6.38. The first kappa shape index (κ1) is 11.5. The molecule has 102 valence electrons. The highest BCUT2D eigenvalue weighted by Gasteiger charge is 2.36. The molecule has 0 N–H and O–H groups in total. The van der Waals surface area contributed by atoms with Crippen LogP contribution in [0.4, 0.5) is 9.93 Å². The lowest BCUT2D eigenvalue weighted by molar-refractivity contribution is 0.150. The molecule has 0 bridgehead atoms. The zero-order chi connectivity index (χ0) is 12.8. The van der Waals surface area contributed by atoms with Crippen LogP contribution in [0.5, 0.6) is 0 Å². The first-order chi connectivity index (χ1) is 9.31. The van der Waals surface area contributed by atoms with Crippen molar-refractivity contribution in [1.29, 1.82) is 0 Å². The first-order valence-corrected chi connectivity index (χ1v) is 7.64. The standard InChI is InChI=1S/C12H16N4O2S/c17-12-16(5-6-18-12)9-3-4-15(7-9)11-14-13-10(19-11)8-1-2-8/h8-9H,1-7H2. The summed E-state index contributed by atoms with van der Waals surface area (Å²) in [6, 6.07) is 0.267. The Bertz CT molecular complexity index is 502. The molecular weight excluding hydrogens is 264 g/mol. The minimum absolute atomic E-state index is 0.164. The number of aromatic nitrogens is 2. The third-order valence-corrected chi connectivity index (χ3v) is 5.17. The summed E-state index contributed by atoms with van der Waals surface area (Å²) in [4.78, 5) is 15.7. The number of cyclic esters (lactones) is 1. The van der Waals surface area contributed by atoms with Gasteiger partial charge in [0.05, 0.1) is 12.6 Å². The normalized spacial score (nSPS) is 27.2. The number of anilines is 1. The summed E-state index contributed by atoms with van der Waals surface area (Å²) in [5.41, 5.74) is 0. The summed E-state index contributed by atoms with van der Waals surface area (Å²) < 4.78 is 5.01. The van der Waals surface area contributed by atoms with Crippen molar-refractivity contribution >= 4 is 22.6 Å². The molecule has 2 aliphatic heterocycles. The minimum Gasteiger partial charge on any atom is -0.448 e. The van der Waals surface area contributed by atoms with Crippen molar-refractivity contribution in [3.05, 3.63) is 5.01 Å². The Hall–Kier alpha value is -1.37. The van der Waals surface area contributed by atoms with E-state index in [1.807, 2.05) is 4.90 Å². The second kappa shape index (κ2) is 4.33. The molecule has 1 unspecified atom stereocenters. The van der Waals surface area contributed by atoms with Crippen LogP contribution in [0.15, 0.2) is 0 Å². The topological polar surface area (TPSA) is 58.6 Å². The van der Waals surface area contributed by atoms with E-state index in [2.05, 4.69) is 15.1 Å². The fourth-order valence-electron chi connectivity index (χ4n) is 2.76. The van der Waals surface area contributed by atoms with Gasteiger partial charge >= 0.3 is 6.09 Å². The molecule has 7 heteroatoms. The van der Waals surface area contributed by atoms with E-state index in [0.717, 1.165) is 31.2 Å². The molecule has 2 saturated heterocycles. The minimum atomic E-state index is -0.164. The highest BCUT2D eigenvalue weighted by atomic mass is 32.1. The molecule has 3 fully saturated rings. The van der Waals surface area contributed by atoms with Crippen molar-refractivity contribution in [2.75, 3.05) is 31.1 Å². The molecule has 1 aliphatic carbocycles. The molecule has 1 aromatic heterocycles. The van der Waals surface area contributed by atoms with Gasteiger partial charge in [0.2, 0.25) is 5.13 Å². The van der Waals surface area contributed by atoms with Gasteiger partial charge in [-0.1, -0.05) is 11.3 Å². The van der Waals surface area contributed by atoms with E-state index in [-0.39, 0.29) is 12.1 Å². The van der Waals surface area contributed by atoms with E-state index in [9.17, 15) is 4.79 Å². The lowest BCUT2D eigenvalue weighted by atomic mass is 10.2. The Labute approximate surface area is 115 Å². The van der Waals surface area contributed by atoms with Gasteiger partial charge in [-0.3, -0.25) is 4.90 Å². The number of ether oxygens (including phenoxy) is 1. The quantitative estimate of drug-likeness (QED) is 0.838. The molecule has 1 atom stereocenters. The molecule has 1 amide bonds. The monoisotopic (exact) mass is 280 g/mol. The van der Waals surface area contributed by atoms with Crippen LogP contribution in [0.1, 0.15) is 30.2 Å². The highest BCUT2D eigenvalue weighted by molar-refractivity contribution is 7.15. The van der Waals surface area contributed by atoms with Gasteiger partial charge in [0.1, 0.15) is 11.6 Å². The maximum absolute atomic E-state index is 11.6. The molecule has 19 heavy (non-hydrogen) atoms. The molecule has 4 rings (SSSR count). The van der Waals surface area contributed by atoms with Crippen LogP contribution >= 0.6 is 11.3 Å². The Balaban J connectivity index is 1.44. The third kappa shape index (κ3) is 2.05. The number of rotatable bonds is 3. The van der Waals surface area contributed by atoms with Gasteiger partial charge in [-0.2, -0.15) is 0 Å². The predicted molar refractivity (Wildman–Crippen MR) is 70.6 cm³/mol. The molecule has 3 aliphatic rings. The van der Waals surface area contributed by atoms with E-state index in [0.29, 0.717) is 12.5 Å². The van der Waals surface area contributed by atoms with Crippen molar-refractivity contribution in [1.82, 2.24) is 15.1 Å². The Morgan fingerprint density at radius 3 is 2.84 bits per heavy atom. The van der Waals surface area contributed by atoms with Crippen molar-refractivity contribution in [3.63, 3.8) is 0 Å². The summed E-state index contributed by atoms with van der Waals surface area (Å²) in [5, 5.41) is 10.8. The maximum atomic E-state index is 11.6. The zero-order valence-electron chi connectivity index (χ0n) is 10.6. The van der Waals surface area contributed by atoms with Gasteiger partial charge in [0.25, 0.3) is 0 Å². The molecular formula is C12H16N4O2S. The van der Waals surface area contributed by atoms with Crippen molar-refractivity contribution < 1.29 is 9.53 Å². The van der Waals surface area contributed by atoms with Crippen LogP contribution in [0, 0.1) is 0 Å². The van der Waals surface area contributed by atoms with Crippen molar-refractivity contribution in [2.24, 2.45) is 0 Å². The van der Waals surface area contributed by atoms with E-state index < -0.39 is 0 Å². The molecule has 0 aromatic carbocycles. The molecule has 3 heterocycles. The van der Waals surface area contributed by atoms with Crippen LogP contribution in [-0.2, 0) is 4.74 Å². The largest absolute Gasteiger partial charge is 0.448 e. The number of amides is 1. The fourth-order valence-corrected chi connectivity index (χ4v) is 3.80. The number of carbonyl (C=O) groups excluding carboxylic acids is 1. The molecule has 1 aromatic rings. The third-order valence-electron chi connectivity index (χ3n) is 4.02. The average Bonchev–Trinajstić information content (AvgIpc) is 2.84. The van der Waals surface area contributed by atoms with Crippen LogP contribution < -0.4 is 4.90 Å². The van der Waals surface area contributed by atoms with Crippen LogP contribution in [0.3, 0.4) is 0 Å². The summed E-state index contributed by atoms with van der Waals surface area (Å²) >= 11 is 1.72. The number of carbonyl (C=O) groups is 1. The van der Waals surface area contributed by atoms with Gasteiger partial charge in [0.15, 0.2) is 0 Å². The lowest BCUT2D eigenvalue weighted by Crippen LogP contribution is -2.38. The smallest absolute Gasteiger partial charge is 0.410 e. The maximum Gasteiger partial charge on any atom is 0.410 e. The number of hydrogen-bond acceptors (Lipinski definition) is 6. The Kier molecular flexibility index (Phi) is 2.61. The summed E-state index contributed by atoms with van der Waals surface area (Å²) in [7, 11) is 0. The number of hydrogen-bond donors (Lipinski definition) is 0. The second-order valence-electron chi connectivity index (χ2n) is 5.39. The van der Waals surface area contributed by atoms with Crippen molar-refractivity contribution in [2.45, 2.75) is 31.2 Å². The molecule has 0 radical (unpaired) electrons. The van der Waals surface area contributed by atoms with Gasteiger partial charge in [-0.05, 0) is 19.3 Å². The van der Waals surface area contributed by atoms with E-state index >= 15 is 0 Å². The van der Waals surface area contributed by atoms with Gasteiger partial charge < -0.3 is 9.64 Å². The van der Waals surface area contributed by atoms with Gasteiger partial charge in [-0.25, -0.2) is 4.79 Å². The van der Waals surface area contributed by atoms with E-state index in [1.54, 1.807) is 11.3 Å². The summed E-state index contributed by atoms with van der Waals surface area (Å²) in [6.45, 7) is 3.06. The summed E-state index contributed by atoms with van der Waals surface area (Å²) in [5.74, 6) is 0.665. The van der Waals surface area contributed by atoms with Gasteiger partial charge in [0, 0.05) is 19.0 Å². The SMILES string of the molecule is O=C1OCCN1C1CCN(c2nnc(C3CC3)s2)C1. The van der Waals surface area contributed by atoms with Crippen molar-refractivity contribution in [3.8, 4) is 0 Å². The fraction of sp³-hybridized carbons (Fsp3) is 0.750. The molecule has 1 saturated carbocycles. The van der Waals surface area contributed by atoms with Crippen LogP contribution in [-0.4, -0.2) is 53.5 Å². The first-order valence-electron chi connectivity index (χ1n) is 6.83. The zero-order valence-corrected chi connectivity index (χ0v) is 11.4. The van der Waals surface area contributed by atoms with Gasteiger partial charge in [-0.15, -0.1) is 10.2 Å². The van der Waals surface area contributed by atoms with E-state index in [1.165, 1.54) is 17.8 Å². The average molecular weight is 280 g/mol. The number of nitrogens with zero attached hydrogens (tertiary/aromatic N) is 4. The molecule has 0 spiro atoms. The van der Waals surface area contributed by atoms with Crippen LogP contribution in [0.2, 0.25) is 0 Å². The highest BCUT2D eigenvalue weighted by Crippen LogP contribution is 2.43. The van der Waals surface area contributed by atoms with E-state index in [4.69, 9.17) is 4.74 Å². The Morgan fingerprint density at radius 2 is 2.11 bits per heavy atom. The lowest BCUT2D eigenvalue weighted by Gasteiger charge is -2.21.